The van der Waals surface area contributed by atoms with Gasteiger partial charge in [-0.3, -0.25) is 0 Å². The van der Waals surface area contributed by atoms with Gasteiger partial charge in [-0.15, -0.1) is 0 Å². The molecule has 1 aromatic rings. The molecule has 1 saturated heterocycles. The standard InChI is InChI=1S/C14H20BrClN2/c1-10(2)17-12-4-3-7-18(9-12)14-6-5-11(16)8-13(14)15/h5-6,8,10,12,17H,3-4,7,9H2,1-2H3. The van der Waals surface area contributed by atoms with Gasteiger partial charge in [0.15, 0.2) is 0 Å². The molecule has 1 heterocycles. The van der Waals surface area contributed by atoms with Gasteiger partial charge < -0.3 is 10.2 Å². The van der Waals surface area contributed by atoms with Gasteiger partial charge in [-0.1, -0.05) is 25.4 Å². The lowest BCUT2D eigenvalue weighted by Gasteiger charge is -2.36. The lowest BCUT2D eigenvalue weighted by atomic mass is 10.0. The Morgan fingerprint density at radius 3 is 2.89 bits per heavy atom. The van der Waals surface area contributed by atoms with Crippen LogP contribution in [0, 0.1) is 0 Å². The topological polar surface area (TPSA) is 15.3 Å². The normalized spacial score (nSPS) is 20.5. The van der Waals surface area contributed by atoms with Crippen LogP contribution >= 0.6 is 27.5 Å². The van der Waals surface area contributed by atoms with Crippen molar-refractivity contribution in [3.63, 3.8) is 0 Å². The van der Waals surface area contributed by atoms with E-state index in [1.54, 1.807) is 0 Å². The van der Waals surface area contributed by atoms with Gasteiger partial charge in [0.2, 0.25) is 0 Å². The third kappa shape index (κ3) is 3.62. The fourth-order valence-corrected chi connectivity index (χ4v) is 3.47. The molecule has 0 saturated carbocycles. The molecule has 0 bridgehead atoms. The van der Waals surface area contributed by atoms with Crippen LogP contribution in [0.2, 0.25) is 5.02 Å². The summed E-state index contributed by atoms with van der Waals surface area (Å²) in [5.74, 6) is 0. The van der Waals surface area contributed by atoms with Crippen molar-refractivity contribution in [1.29, 1.82) is 0 Å². The van der Waals surface area contributed by atoms with Crippen LogP contribution in [-0.2, 0) is 0 Å². The highest BCUT2D eigenvalue weighted by Crippen LogP contribution is 2.31. The Hall–Kier alpha value is -0.250. The van der Waals surface area contributed by atoms with Crippen molar-refractivity contribution >= 4 is 33.2 Å². The molecule has 0 spiro atoms. The molecule has 4 heteroatoms. The quantitative estimate of drug-likeness (QED) is 0.898. The van der Waals surface area contributed by atoms with E-state index in [9.17, 15) is 0 Å². The van der Waals surface area contributed by atoms with Crippen LogP contribution in [-0.4, -0.2) is 25.2 Å². The Morgan fingerprint density at radius 2 is 2.22 bits per heavy atom. The Morgan fingerprint density at radius 1 is 1.44 bits per heavy atom. The van der Waals surface area contributed by atoms with Crippen molar-refractivity contribution in [3.8, 4) is 0 Å². The van der Waals surface area contributed by atoms with E-state index in [0.29, 0.717) is 12.1 Å². The smallest absolute Gasteiger partial charge is 0.0512 e. The summed E-state index contributed by atoms with van der Waals surface area (Å²) in [5, 5.41) is 4.41. The molecule has 0 aromatic heterocycles. The maximum Gasteiger partial charge on any atom is 0.0512 e. The third-order valence-corrected chi connectivity index (χ3v) is 4.11. The summed E-state index contributed by atoms with van der Waals surface area (Å²) in [6, 6.07) is 7.16. The van der Waals surface area contributed by atoms with Gasteiger partial charge in [-0.25, -0.2) is 0 Å². The van der Waals surface area contributed by atoms with E-state index in [1.165, 1.54) is 18.5 Å². The minimum absolute atomic E-state index is 0.545. The number of nitrogens with one attached hydrogen (secondary N) is 1. The molecular weight excluding hydrogens is 312 g/mol. The summed E-state index contributed by atoms with van der Waals surface area (Å²) in [5.41, 5.74) is 1.25. The van der Waals surface area contributed by atoms with Crippen LogP contribution in [0.3, 0.4) is 0 Å². The molecule has 2 rings (SSSR count). The van der Waals surface area contributed by atoms with Crippen molar-refractivity contribution < 1.29 is 0 Å². The Labute approximate surface area is 123 Å². The van der Waals surface area contributed by atoms with Crippen LogP contribution < -0.4 is 10.2 Å². The summed E-state index contributed by atoms with van der Waals surface area (Å²) in [6.07, 6.45) is 2.50. The summed E-state index contributed by atoms with van der Waals surface area (Å²) in [4.78, 5) is 2.43. The molecule has 0 radical (unpaired) electrons. The zero-order valence-corrected chi connectivity index (χ0v) is 13.3. The van der Waals surface area contributed by atoms with Crippen molar-refractivity contribution in [1.82, 2.24) is 5.32 Å². The van der Waals surface area contributed by atoms with Gasteiger partial charge in [-0.2, -0.15) is 0 Å². The number of hydrogen-bond donors (Lipinski definition) is 1. The van der Waals surface area contributed by atoms with Crippen molar-refractivity contribution in [2.75, 3.05) is 18.0 Å². The average molecular weight is 332 g/mol. The van der Waals surface area contributed by atoms with Gasteiger partial charge >= 0.3 is 0 Å². The van der Waals surface area contributed by atoms with Crippen molar-refractivity contribution in [2.24, 2.45) is 0 Å². The van der Waals surface area contributed by atoms with E-state index in [0.717, 1.165) is 22.6 Å². The zero-order chi connectivity index (χ0) is 13.1. The van der Waals surface area contributed by atoms with Gasteiger partial charge in [-0.05, 0) is 47.0 Å². The zero-order valence-electron chi connectivity index (χ0n) is 10.9. The second-order valence-electron chi connectivity index (χ2n) is 5.20. The van der Waals surface area contributed by atoms with Gasteiger partial charge in [0, 0.05) is 34.7 Å². The highest BCUT2D eigenvalue weighted by Gasteiger charge is 2.21. The second-order valence-corrected chi connectivity index (χ2v) is 6.49. The molecule has 1 N–H and O–H groups in total. The minimum atomic E-state index is 0.545. The van der Waals surface area contributed by atoms with Gasteiger partial charge in [0.05, 0.1) is 5.69 Å². The first-order valence-electron chi connectivity index (χ1n) is 6.52. The predicted molar refractivity (Wildman–Crippen MR) is 82.7 cm³/mol. The molecule has 18 heavy (non-hydrogen) atoms. The number of benzene rings is 1. The Balaban J connectivity index is 2.08. The summed E-state index contributed by atoms with van der Waals surface area (Å²) < 4.78 is 1.08. The first-order valence-corrected chi connectivity index (χ1v) is 7.69. The summed E-state index contributed by atoms with van der Waals surface area (Å²) in [7, 11) is 0. The molecule has 1 unspecified atom stereocenters. The first kappa shape index (κ1) is 14.2. The molecule has 0 amide bonds. The van der Waals surface area contributed by atoms with Crippen LogP contribution in [0.1, 0.15) is 26.7 Å². The maximum absolute atomic E-state index is 5.99. The lowest BCUT2D eigenvalue weighted by molar-refractivity contribution is 0.394. The summed E-state index contributed by atoms with van der Waals surface area (Å²) >= 11 is 9.60. The predicted octanol–water partition coefficient (Wildman–Crippen LogP) is 4.07. The van der Waals surface area contributed by atoms with Crippen molar-refractivity contribution in [3.05, 3.63) is 27.7 Å². The summed E-state index contributed by atoms with van der Waals surface area (Å²) in [6.45, 7) is 6.60. The fraction of sp³-hybridized carbons (Fsp3) is 0.571. The fourth-order valence-electron chi connectivity index (χ4n) is 2.54. The molecule has 100 valence electrons. The van der Waals surface area contributed by atoms with E-state index in [-0.39, 0.29) is 0 Å². The van der Waals surface area contributed by atoms with Crippen LogP contribution in [0.25, 0.3) is 0 Å². The number of halogens is 2. The van der Waals surface area contributed by atoms with Gasteiger partial charge in [0.1, 0.15) is 0 Å². The molecule has 1 fully saturated rings. The maximum atomic E-state index is 5.99. The molecule has 1 atom stereocenters. The molecule has 1 aromatic carbocycles. The molecule has 1 aliphatic heterocycles. The largest absolute Gasteiger partial charge is 0.369 e. The molecule has 2 nitrogen and oxygen atoms in total. The number of hydrogen-bond acceptors (Lipinski definition) is 2. The highest BCUT2D eigenvalue weighted by molar-refractivity contribution is 9.10. The number of piperidine rings is 1. The Bertz CT molecular complexity index is 409. The van der Waals surface area contributed by atoms with Crippen molar-refractivity contribution in [2.45, 2.75) is 38.8 Å². The number of rotatable bonds is 3. The van der Waals surface area contributed by atoms with Crippen LogP contribution in [0.4, 0.5) is 5.69 Å². The number of nitrogens with zero attached hydrogens (tertiary/aromatic N) is 1. The minimum Gasteiger partial charge on any atom is -0.369 e. The monoisotopic (exact) mass is 330 g/mol. The molecule has 1 aliphatic rings. The van der Waals surface area contributed by atoms with Crippen LogP contribution in [0.5, 0.6) is 0 Å². The van der Waals surface area contributed by atoms with E-state index in [1.807, 2.05) is 12.1 Å². The van der Waals surface area contributed by atoms with E-state index >= 15 is 0 Å². The van der Waals surface area contributed by atoms with E-state index in [4.69, 9.17) is 11.6 Å². The van der Waals surface area contributed by atoms with E-state index < -0.39 is 0 Å². The Kier molecular flexibility index (Phi) is 4.93. The third-order valence-electron chi connectivity index (χ3n) is 3.24. The average Bonchev–Trinajstić information content (AvgIpc) is 2.28. The van der Waals surface area contributed by atoms with E-state index in [2.05, 4.69) is 46.1 Å². The van der Waals surface area contributed by atoms with Gasteiger partial charge in [0.25, 0.3) is 0 Å². The number of anilines is 1. The second kappa shape index (κ2) is 6.27. The highest BCUT2D eigenvalue weighted by atomic mass is 79.9. The first-order chi connectivity index (χ1) is 8.56. The lowest BCUT2D eigenvalue weighted by Crippen LogP contribution is -2.48. The SMILES string of the molecule is CC(C)NC1CCCN(c2ccc(Cl)cc2Br)C1. The molecular formula is C14H20BrClN2. The van der Waals surface area contributed by atoms with Crippen LogP contribution in [0.15, 0.2) is 22.7 Å². The molecule has 0 aliphatic carbocycles.